The molecule has 2 aromatic carbocycles. The zero-order valence-electron chi connectivity index (χ0n) is 15.3. The lowest BCUT2D eigenvalue weighted by Gasteiger charge is -2.23. The molecule has 2 aromatic rings. The topological polar surface area (TPSA) is 66.9 Å². The fraction of sp³-hybridized carbons (Fsp3) is 0.316. The number of carbonyl (C=O) groups excluding carboxylic acids is 1. The minimum absolute atomic E-state index is 0.168. The van der Waals surface area contributed by atoms with E-state index in [1.807, 2.05) is 54.6 Å². The van der Waals surface area contributed by atoms with E-state index in [2.05, 4.69) is 0 Å². The average molecular weight is 376 g/mol. The van der Waals surface area contributed by atoms with Crippen LogP contribution in [0.15, 0.2) is 54.6 Å². The molecule has 0 saturated carbocycles. The molecule has 7 heteroatoms. The predicted octanol–water partition coefficient (Wildman–Crippen LogP) is 2.12. The molecule has 0 N–H and O–H groups in total. The Morgan fingerprint density at radius 1 is 0.962 bits per heavy atom. The summed E-state index contributed by atoms with van der Waals surface area (Å²) < 4.78 is 30.4. The maximum absolute atomic E-state index is 12.5. The van der Waals surface area contributed by atoms with Crippen LogP contribution in [-0.2, 0) is 27.9 Å². The molecule has 6 nitrogen and oxygen atoms in total. The number of ether oxygens (including phenoxy) is 1. The van der Waals surface area contributed by atoms with Gasteiger partial charge in [-0.05, 0) is 23.3 Å². The number of nitrogens with zero attached hydrogens (tertiary/aromatic N) is 2. The van der Waals surface area contributed by atoms with Crippen molar-refractivity contribution in [2.75, 3.05) is 27.0 Å². The number of sulfonamides is 1. The highest BCUT2D eigenvalue weighted by atomic mass is 32.2. The quantitative estimate of drug-likeness (QED) is 0.708. The first kappa shape index (κ1) is 19.9. The van der Waals surface area contributed by atoms with Crippen molar-refractivity contribution >= 4 is 15.9 Å². The highest BCUT2D eigenvalue weighted by molar-refractivity contribution is 7.88. The third-order valence-corrected chi connectivity index (χ3v) is 5.18. The van der Waals surface area contributed by atoms with E-state index in [9.17, 15) is 13.2 Å². The SMILES string of the molecule is COc1ccc(CN(C)C(=O)CN(Cc2ccccc2)S(C)(=O)=O)cc1. The number of amides is 1. The van der Waals surface area contributed by atoms with E-state index < -0.39 is 10.0 Å². The number of methoxy groups -OCH3 is 1. The van der Waals surface area contributed by atoms with Crippen LogP contribution in [0.4, 0.5) is 0 Å². The minimum atomic E-state index is -3.50. The summed E-state index contributed by atoms with van der Waals surface area (Å²) in [6, 6.07) is 16.6. The van der Waals surface area contributed by atoms with Gasteiger partial charge in [-0.25, -0.2) is 8.42 Å². The zero-order chi connectivity index (χ0) is 19.2. The molecule has 0 bridgehead atoms. The molecule has 26 heavy (non-hydrogen) atoms. The van der Waals surface area contributed by atoms with Gasteiger partial charge in [-0.15, -0.1) is 0 Å². The van der Waals surface area contributed by atoms with E-state index in [4.69, 9.17) is 4.74 Å². The smallest absolute Gasteiger partial charge is 0.237 e. The molecular formula is C19H24N2O4S. The molecular weight excluding hydrogens is 352 g/mol. The van der Waals surface area contributed by atoms with Crippen LogP contribution >= 0.6 is 0 Å². The summed E-state index contributed by atoms with van der Waals surface area (Å²) in [5.74, 6) is 0.482. The standard InChI is InChI=1S/C19H24N2O4S/c1-20(13-17-9-11-18(25-2)12-10-17)19(22)15-21(26(3,23)24)14-16-7-5-4-6-8-16/h4-12H,13-15H2,1-3H3. The van der Waals surface area contributed by atoms with Crippen molar-refractivity contribution in [3.05, 3.63) is 65.7 Å². The molecule has 0 saturated heterocycles. The Balaban J connectivity index is 2.03. The van der Waals surface area contributed by atoms with Gasteiger partial charge in [-0.1, -0.05) is 42.5 Å². The van der Waals surface area contributed by atoms with Gasteiger partial charge in [0.05, 0.1) is 19.9 Å². The molecule has 140 valence electrons. The molecule has 0 aliphatic heterocycles. The monoisotopic (exact) mass is 376 g/mol. The number of hydrogen-bond acceptors (Lipinski definition) is 4. The molecule has 0 unspecified atom stereocenters. The van der Waals surface area contributed by atoms with Gasteiger partial charge >= 0.3 is 0 Å². The van der Waals surface area contributed by atoms with Gasteiger partial charge in [0.1, 0.15) is 5.75 Å². The maximum Gasteiger partial charge on any atom is 0.237 e. The highest BCUT2D eigenvalue weighted by Gasteiger charge is 2.22. The van der Waals surface area contributed by atoms with E-state index in [-0.39, 0.29) is 19.0 Å². The van der Waals surface area contributed by atoms with Crippen molar-refractivity contribution in [3.8, 4) is 5.75 Å². The summed E-state index contributed by atoms with van der Waals surface area (Å²) in [4.78, 5) is 14.0. The van der Waals surface area contributed by atoms with Gasteiger partial charge in [0.15, 0.2) is 0 Å². The fourth-order valence-corrected chi connectivity index (χ4v) is 3.17. The van der Waals surface area contributed by atoms with Crippen molar-refractivity contribution in [1.29, 1.82) is 0 Å². The van der Waals surface area contributed by atoms with Gasteiger partial charge in [0.2, 0.25) is 15.9 Å². The van der Waals surface area contributed by atoms with E-state index in [0.29, 0.717) is 6.54 Å². The summed E-state index contributed by atoms with van der Waals surface area (Å²) in [7, 11) is -0.248. The second kappa shape index (κ2) is 8.82. The number of hydrogen-bond donors (Lipinski definition) is 0. The Hall–Kier alpha value is -2.38. The molecule has 0 aliphatic carbocycles. The highest BCUT2D eigenvalue weighted by Crippen LogP contribution is 2.13. The number of carbonyl (C=O) groups is 1. The largest absolute Gasteiger partial charge is 0.497 e. The van der Waals surface area contributed by atoms with Crippen molar-refractivity contribution < 1.29 is 17.9 Å². The molecule has 1 amide bonds. The van der Waals surface area contributed by atoms with Crippen LogP contribution in [0.3, 0.4) is 0 Å². The van der Waals surface area contributed by atoms with E-state index in [1.54, 1.807) is 14.2 Å². The summed E-state index contributed by atoms with van der Waals surface area (Å²) in [5.41, 5.74) is 1.78. The van der Waals surface area contributed by atoms with Gasteiger partial charge < -0.3 is 9.64 Å². The summed E-state index contributed by atoms with van der Waals surface area (Å²) >= 11 is 0. The first-order valence-corrected chi connectivity index (χ1v) is 10.0. The number of likely N-dealkylation sites (N-methyl/N-ethyl adjacent to an activating group) is 1. The third kappa shape index (κ3) is 5.86. The van der Waals surface area contributed by atoms with Crippen molar-refractivity contribution in [2.24, 2.45) is 0 Å². The maximum atomic E-state index is 12.5. The van der Waals surface area contributed by atoms with Crippen LogP contribution in [0.25, 0.3) is 0 Å². The van der Waals surface area contributed by atoms with Gasteiger partial charge in [-0.3, -0.25) is 4.79 Å². The summed E-state index contributed by atoms with van der Waals surface area (Å²) in [6.07, 6.45) is 1.12. The van der Waals surface area contributed by atoms with E-state index >= 15 is 0 Å². The van der Waals surface area contributed by atoms with Crippen LogP contribution in [0.1, 0.15) is 11.1 Å². The van der Waals surface area contributed by atoms with Crippen LogP contribution in [0, 0.1) is 0 Å². The van der Waals surface area contributed by atoms with E-state index in [0.717, 1.165) is 23.1 Å². The summed E-state index contributed by atoms with van der Waals surface area (Å²) in [5, 5.41) is 0. The second-order valence-corrected chi connectivity index (χ2v) is 8.10. The Kier molecular flexibility index (Phi) is 6.76. The van der Waals surface area contributed by atoms with Gasteiger partial charge in [-0.2, -0.15) is 4.31 Å². The normalized spacial score (nSPS) is 11.4. The molecule has 0 aliphatic rings. The molecule has 0 heterocycles. The van der Waals surface area contributed by atoms with E-state index in [1.165, 1.54) is 9.21 Å². The fourth-order valence-electron chi connectivity index (χ4n) is 2.44. The second-order valence-electron chi connectivity index (χ2n) is 6.11. The minimum Gasteiger partial charge on any atom is -0.497 e. The molecule has 0 radical (unpaired) electrons. The molecule has 0 fully saturated rings. The molecule has 0 spiro atoms. The Labute approximate surface area is 155 Å². The lowest BCUT2D eigenvalue weighted by Crippen LogP contribution is -2.40. The lowest BCUT2D eigenvalue weighted by atomic mass is 10.2. The number of benzene rings is 2. The van der Waals surface area contributed by atoms with Crippen LogP contribution in [0.5, 0.6) is 5.75 Å². The van der Waals surface area contributed by atoms with Crippen molar-refractivity contribution in [2.45, 2.75) is 13.1 Å². The van der Waals surface area contributed by atoms with Crippen LogP contribution in [-0.4, -0.2) is 50.5 Å². The average Bonchev–Trinajstić information content (AvgIpc) is 2.61. The Morgan fingerprint density at radius 2 is 1.54 bits per heavy atom. The third-order valence-electron chi connectivity index (χ3n) is 3.99. The Bertz CT molecular complexity index is 820. The first-order valence-electron chi connectivity index (χ1n) is 8.15. The van der Waals surface area contributed by atoms with Gasteiger partial charge in [0, 0.05) is 20.1 Å². The van der Waals surface area contributed by atoms with Crippen molar-refractivity contribution in [1.82, 2.24) is 9.21 Å². The lowest BCUT2D eigenvalue weighted by molar-refractivity contribution is -0.130. The van der Waals surface area contributed by atoms with Crippen molar-refractivity contribution in [3.63, 3.8) is 0 Å². The van der Waals surface area contributed by atoms with Gasteiger partial charge in [0.25, 0.3) is 0 Å². The van der Waals surface area contributed by atoms with Crippen LogP contribution in [0.2, 0.25) is 0 Å². The Morgan fingerprint density at radius 3 is 2.08 bits per heavy atom. The number of rotatable bonds is 8. The molecule has 0 atom stereocenters. The van der Waals surface area contributed by atoms with Crippen LogP contribution < -0.4 is 4.74 Å². The molecule has 2 rings (SSSR count). The predicted molar refractivity (Wildman–Crippen MR) is 101 cm³/mol. The summed E-state index contributed by atoms with van der Waals surface area (Å²) in [6.45, 7) is 0.369. The first-order chi connectivity index (χ1) is 12.3. The zero-order valence-corrected chi connectivity index (χ0v) is 16.1. The molecule has 0 aromatic heterocycles.